The SMILES string of the molecule is COc1ccc(S(=O)(=O)Cc2noc(C)n2)cc1. The highest BCUT2D eigenvalue weighted by Gasteiger charge is 2.18. The van der Waals surface area contributed by atoms with Gasteiger partial charge in [-0.05, 0) is 24.3 Å². The van der Waals surface area contributed by atoms with E-state index in [1.54, 1.807) is 19.1 Å². The molecule has 18 heavy (non-hydrogen) atoms. The molecule has 0 bridgehead atoms. The molecule has 0 saturated carbocycles. The molecule has 0 atom stereocenters. The number of sulfone groups is 1. The minimum Gasteiger partial charge on any atom is -0.497 e. The second-order valence-corrected chi connectivity index (χ2v) is 5.65. The Morgan fingerprint density at radius 1 is 1.28 bits per heavy atom. The Kier molecular flexibility index (Phi) is 3.33. The molecule has 1 aromatic heterocycles. The minimum absolute atomic E-state index is 0.156. The first kappa shape index (κ1) is 12.6. The van der Waals surface area contributed by atoms with Gasteiger partial charge in [0.25, 0.3) is 0 Å². The smallest absolute Gasteiger partial charge is 0.223 e. The van der Waals surface area contributed by atoms with Crippen molar-refractivity contribution in [2.45, 2.75) is 17.6 Å². The Morgan fingerprint density at radius 3 is 2.44 bits per heavy atom. The zero-order valence-corrected chi connectivity index (χ0v) is 10.8. The van der Waals surface area contributed by atoms with E-state index in [1.165, 1.54) is 19.2 Å². The summed E-state index contributed by atoms with van der Waals surface area (Å²) in [4.78, 5) is 4.07. The van der Waals surface area contributed by atoms with Gasteiger partial charge in [0.05, 0.1) is 12.0 Å². The molecule has 0 saturated heterocycles. The lowest BCUT2D eigenvalue weighted by molar-refractivity contribution is 0.388. The summed E-state index contributed by atoms with van der Waals surface area (Å²) < 4.78 is 33.8. The third-order valence-corrected chi connectivity index (χ3v) is 3.94. The van der Waals surface area contributed by atoms with Gasteiger partial charge in [0.2, 0.25) is 5.89 Å². The molecule has 0 N–H and O–H groups in total. The van der Waals surface area contributed by atoms with Crippen LogP contribution in [0.5, 0.6) is 5.75 Å². The first-order valence-corrected chi connectivity index (χ1v) is 6.82. The maximum Gasteiger partial charge on any atom is 0.223 e. The number of hydrogen-bond acceptors (Lipinski definition) is 6. The molecule has 0 radical (unpaired) electrons. The fourth-order valence-electron chi connectivity index (χ4n) is 1.44. The molecule has 0 aliphatic heterocycles. The maximum absolute atomic E-state index is 12.0. The summed E-state index contributed by atoms with van der Waals surface area (Å²) in [5.41, 5.74) is 0. The Bertz CT molecular complexity index is 631. The first-order chi connectivity index (χ1) is 8.51. The van der Waals surface area contributed by atoms with Crippen molar-refractivity contribution in [1.82, 2.24) is 10.1 Å². The lowest BCUT2D eigenvalue weighted by Gasteiger charge is -2.03. The lowest BCUT2D eigenvalue weighted by Crippen LogP contribution is -2.06. The van der Waals surface area contributed by atoms with Gasteiger partial charge in [0.1, 0.15) is 11.5 Å². The van der Waals surface area contributed by atoms with Gasteiger partial charge in [-0.2, -0.15) is 4.98 Å². The van der Waals surface area contributed by atoms with Crippen molar-refractivity contribution < 1.29 is 17.7 Å². The Labute approximate surface area is 105 Å². The number of hydrogen-bond donors (Lipinski definition) is 0. The zero-order chi connectivity index (χ0) is 13.2. The second kappa shape index (κ2) is 4.77. The fourth-order valence-corrected chi connectivity index (χ4v) is 2.61. The summed E-state index contributed by atoms with van der Waals surface area (Å²) in [7, 11) is -1.95. The van der Waals surface area contributed by atoms with E-state index in [-0.39, 0.29) is 16.5 Å². The predicted molar refractivity (Wildman–Crippen MR) is 62.9 cm³/mol. The zero-order valence-electron chi connectivity index (χ0n) is 9.95. The van der Waals surface area contributed by atoms with Crippen LogP contribution in [0.4, 0.5) is 0 Å². The Morgan fingerprint density at radius 2 is 1.94 bits per heavy atom. The third-order valence-electron chi connectivity index (χ3n) is 2.31. The van der Waals surface area contributed by atoms with Gasteiger partial charge in [-0.3, -0.25) is 0 Å². The van der Waals surface area contributed by atoms with Crippen molar-refractivity contribution in [3.63, 3.8) is 0 Å². The summed E-state index contributed by atoms with van der Waals surface area (Å²) in [6.07, 6.45) is 0. The van der Waals surface area contributed by atoms with Crippen LogP contribution in [0.3, 0.4) is 0 Å². The largest absolute Gasteiger partial charge is 0.497 e. The molecule has 96 valence electrons. The lowest BCUT2D eigenvalue weighted by atomic mass is 10.3. The number of benzene rings is 1. The van der Waals surface area contributed by atoms with E-state index in [0.717, 1.165) is 0 Å². The normalized spacial score (nSPS) is 11.4. The molecule has 0 amide bonds. The van der Waals surface area contributed by atoms with Crippen molar-refractivity contribution in [3.8, 4) is 5.75 Å². The highest BCUT2D eigenvalue weighted by atomic mass is 32.2. The van der Waals surface area contributed by atoms with Crippen LogP contribution in [-0.4, -0.2) is 25.7 Å². The van der Waals surface area contributed by atoms with E-state index in [0.29, 0.717) is 11.6 Å². The molecule has 2 rings (SSSR count). The second-order valence-electron chi connectivity index (χ2n) is 3.66. The number of aryl methyl sites for hydroxylation is 1. The van der Waals surface area contributed by atoms with Gasteiger partial charge in [-0.25, -0.2) is 8.42 Å². The maximum atomic E-state index is 12.0. The highest BCUT2D eigenvalue weighted by molar-refractivity contribution is 7.90. The van der Waals surface area contributed by atoms with Gasteiger partial charge in [0.15, 0.2) is 15.7 Å². The number of rotatable bonds is 4. The Balaban J connectivity index is 2.24. The van der Waals surface area contributed by atoms with Crippen LogP contribution >= 0.6 is 0 Å². The van der Waals surface area contributed by atoms with Crippen LogP contribution in [0.15, 0.2) is 33.7 Å². The first-order valence-electron chi connectivity index (χ1n) is 5.17. The quantitative estimate of drug-likeness (QED) is 0.832. The van der Waals surface area contributed by atoms with Crippen LogP contribution < -0.4 is 4.74 Å². The fraction of sp³-hybridized carbons (Fsp3) is 0.273. The van der Waals surface area contributed by atoms with Crippen molar-refractivity contribution in [2.75, 3.05) is 7.11 Å². The molecular weight excluding hydrogens is 256 g/mol. The molecule has 0 fully saturated rings. The molecule has 2 aromatic rings. The average Bonchev–Trinajstić information content (AvgIpc) is 2.74. The van der Waals surface area contributed by atoms with Crippen molar-refractivity contribution >= 4 is 9.84 Å². The summed E-state index contributed by atoms with van der Waals surface area (Å²) >= 11 is 0. The Hall–Kier alpha value is -1.89. The van der Waals surface area contributed by atoms with E-state index in [4.69, 9.17) is 9.26 Å². The van der Waals surface area contributed by atoms with Crippen LogP contribution in [0.1, 0.15) is 11.7 Å². The topological polar surface area (TPSA) is 82.3 Å². The number of ether oxygens (including phenoxy) is 1. The minimum atomic E-state index is -3.47. The monoisotopic (exact) mass is 268 g/mol. The average molecular weight is 268 g/mol. The van der Waals surface area contributed by atoms with Gasteiger partial charge in [-0.1, -0.05) is 5.16 Å². The highest BCUT2D eigenvalue weighted by Crippen LogP contribution is 2.18. The molecule has 1 heterocycles. The molecule has 7 heteroatoms. The van der Waals surface area contributed by atoms with Crippen molar-refractivity contribution in [3.05, 3.63) is 36.0 Å². The van der Waals surface area contributed by atoms with Crippen LogP contribution in [0.2, 0.25) is 0 Å². The van der Waals surface area contributed by atoms with Gasteiger partial charge < -0.3 is 9.26 Å². The predicted octanol–water partition coefficient (Wildman–Crippen LogP) is 1.36. The molecule has 0 aliphatic carbocycles. The van der Waals surface area contributed by atoms with E-state index in [2.05, 4.69) is 10.1 Å². The molecule has 1 aromatic carbocycles. The van der Waals surface area contributed by atoms with Gasteiger partial charge >= 0.3 is 0 Å². The van der Waals surface area contributed by atoms with Gasteiger partial charge in [-0.15, -0.1) is 0 Å². The molecule has 0 unspecified atom stereocenters. The molecule has 0 spiro atoms. The molecular formula is C11H12N2O4S. The summed E-state index contributed by atoms with van der Waals surface area (Å²) in [5.74, 6) is 0.819. The van der Waals surface area contributed by atoms with E-state index in [1.807, 2.05) is 0 Å². The van der Waals surface area contributed by atoms with E-state index >= 15 is 0 Å². The van der Waals surface area contributed by atoms with Gasteiger partial charge in [0, 0.05) is 6.92 Å². The van der Waals surface area contributed by atoms with Crippen molar-refractivity contribution in [1.29, 1.82) is 0 Å². The van der Waals surface area contributed by atoms with Crippen LogP contribution in [0.25, 0.3) is 0 Å². The molecule has 0 aliphatic rings. The van der Waals surface area contributed by atoms with Crippen LogP contribution in [-0.2, 0) is 15.6 Å². The summed E-state index contributed by atoms with van der Waals surface area (Å²) in [5, 5.41) is 3.57. The standard InChI is InChI=1S/C11H12N2O4S/c1-8-12-11(13-17-8)7-18(14,15)10-5-3-9(16-2)4-6-10/h3-6H,7H2,1-2H3. The van der Waals surface area contributed by atoms with Crippen LogP contribution in [0, 0.1) is 6.92 Å². The number of aromatic nitrogens is 2. The van der Waals surface area contributed by atoms with E-state index in [9.17, 15) is 8.42 Å². The summed E-state index contributed by atoms with van der Waals surface area (Å²) in [6.45, 7) is 1.61. The number of nitrogens with zero attached hydrogens (tertiary/aromatic N) is 2. The third kappa shape index (κ3) is 2.67. The van der Waals surface area contributed by atoms with E-state index < -0.39 is 9.84 Å². The number of methoxy groups -OCH3 is 1. The molecule has 6 nitrogen and oxygen atoms in total. The summed E-state index contributed by atoms with van der Waals surface area (Å²) in [6, 6.07) is 6.16. The van der Waals surface area contributed by atoms with Crippen molar-refractivity contribution in [2.24, 2.45) is 0 Å².